The van der Waals surface area contributed by atoms with Crippen molar-refractivity contribution >= 4 is 11.6 Å². The fourth-order valence-electron chi connectivity index (χ4n) is 2.13. The maximum atomic E-state index is 12.2. The van der Waals surface area contributed by atoms with E-state index < -0.39 is 0 Å². The summed E-state index contributed by atoms with van der Waals surface area (Å²) in [5.74, 6) is 0.843. The van der Waals surface area contributed by atoms with Gasteiger partial charge in [-0.2, -0.15) is 0 Å². The van der Waals surface area contributed by atoms with Gasteiger partial charge in [-0.15, -0.1) is 0 Å². The molecule has 1 heterocycles. The Labute approximate surface area is 113 Å². The minimum Gasteiger partial charge on any atom is -0.494 e. The minimum absolute atomic E-state index is 0.0267. The standard InChI is InChI=1S/C14H21N3O2/c1-3-19-12-6-4-11(5-7-12)16-14(18)13-10-15-8-9-17(13)2/h4-7,13,15H,3,8-10H2,1-2H3,(H,16,18). The number of benzene rings is 1. The molecule has 19 heavy (non-hydrogen) atoms. The number of carbonyl (C=O) groups excluding carboxylic acids is 1. The van der Waals surface area contributed by atoms with Crippen LogP contribution in [-0.4, -0.2) is 50.1 Å². The molecule has 1 saturated heterocycles. The third-order valence-corrected chi connectivity index (χ3v) is 3.25. The number of nitrogens with zero attached hydrogens (tertiary/aromatic N) is 1. The Morgan fingerprint density at radius 1 is 1.47 bits per heavy atom. The number of hydrogen-bond acceptors (Lipinski definition) is 4. The summed E-state index contributed by atoms with van der Waals surface area (Å²) in [5.41, 5.74) is 0.799. The van der Waals surface area contributed by atoms with Crippen LogP contribution in [0.1, 0.15) is 6.92 Å². The van der Waals surface area contributed by atoms with Gasteiger partial charge in [-0.1, -0.05) is 0 Å². The largest absolute Gasteiger partial charge is 0.494 e. The van der Waals surface area contributed by atoms with Gasteiger partial charge in [0.05, 0.1) is 6.61 Å². The number of rotatable bonds is 4. The number of ether oxygens (including phenoxy) is 1. The van der Waals surface area contributed by atoms with Crippen LogP contribution in [0.2, 0.25) is 0 Å². The molecule has 2 rings (SSSR count). The molecule has 0 aliphatic carbocycles. The average molecular weight is 263 g/mol. The summed E-state index contributed by atoms with van der Waals surface area (Å²) in [5, 5.41) is 6.17. The molecule has 104 valence electrons. The van der Waals surface area contributed by atoms with Crippen LogP contribution in [0.15, 0.2) is 24.3 Å². The molecule has 1 aliphatic heterocycles. The maximum absolute atomic E-state index is 12.2. The van der Waals surface area contributed by atoms with E-state index in [9.17, 15) is 4.79 Å². The van der Waals surface area contributed by atoms with E-state index in [-0.39, 0.29) is 11.9 Å². The molecule has 0 saturated carbocycles. The highest BCUT2D eigenvalue weighted by molar-refractivity contribution is 5.95. The fourth-order valence-corrected chi connectivity index (χ4v) is 2.13. The van der Waals surface area contributed by atoms with Crippen LogP contribution in [0.25, 0.3) is 0 Å². The zero-order chi connectivity index (χ0) is 13.7. The first-order chi connectivity index (χ1) is 9.20. The molecule has 0 bridgehead atoms. The highest BCUT2D eigenvalue weighted by Crippen LogP contribution is 2.16. The first-order valence-corrected chi connectivity index (χ1v) is 6.65. The summed E-state index contributed by atoms with van der Waals surface area (Å²) in [6, 6.07) is 7.34. The summed E-state index contributed by atoms with van der Waals surface area (Å²) in [4.78, 5) is 14.2. The van der Waals surface area contributed by atoms with E-state index in [1.165, 1.54) is 0 Å². The Bertz CT molecular complexity index is 419. The molecular formula is C14H21N3O2. The van der Waals surface area contributed by atoms with Crippen molar-refractivity contribution < 1.29 is 9.53 Å². The lowest BCUT2D eigenvalue weighted by Gasteiger charge is -2.31. The van der Waals surface area contributed by atoms with Gasteiger partial charge in [-0.05, 0) is 38.2 Å². The predicted molar refractivity (Wildman–Crippen MR) is 75.5 cm³/mol. The Balaban J connectivity index is 1.94. The van der Waals surface area contributed by atoms with Crippen molar-refractivity contribution in [2.24, 2.45) is 0 Å². The Hall–Kier alpha value is -1.59. The summed E-state index contributed by atoms with van der Waals surface area (Å²) in [6.07, 6.45) is 0. The summed E-state index contributed by atoms with van der Waals surface area (Å²) >= 11 is 0. The lowest BCUT2D eigenvalue weighted by atomic mass is 10.2. The van der Waals surface area contributed by atoms with Gasteiger partial charge in [0.2, 0.25) is 5.91 Å². The Morgan fingerprint density at radius 2 is 2.21 bits per heavy atom. The molecule has 5 heteroatoms. The monoisotopic (exact) mass is 263 g/mol. The number of nitrogens with one attached hydrogen (secondary N) is 2. The van der Waals surface area contributed by atoms with Crippen LogP contribution < -0.4 is 15.4 Å². The Morgan fingerprint density at radius 3 is 2.84 bits per heavy atom. The molecule has 0 spiro atoms. The van der Waals surface area contributed by atoms with Crippen molar-refractivity contribution in [2.75, 3.05) is 38.6 Å². The first kappa shape index (κ1) is 13.8. The molecule has 1 aromatic carbocycles. The Kier molecular flexibility index (Phi) is 4.76. The van der Waals surface area contributed by atoms with Gasteiger partial charge in [-0.25, -0.2) is 0 Å². The van der Waals surface area contributed by atoms with Gasteiger partial charge in [0, 0.05) is 25.3 Å². The number of anilines is 1. The third kappa shape index (κ3) is 3.68. The van der Waals surface area contributed by atoms with Crippen molar-refractivity contribution in [1.82, 2.24) is 10.2 Å². The zero-order valence-electron chi connectivity index (χ0n) is 11.5. The maximum Gasteiger partial charge on any atom is 0.243 e. The summed E-state index contributed by atoms with van der Waals surface area (Å²) < 4.78 is 5.37. The lowest BCUT2D eigenvalue weighted by Crippen LogP contribution is -2.54. The first-order valence-electron chi connectivity index (χ1n) is 6.65. The SMILES string of the molecule is CCOc1ccc(NC(=O)C2CNCCN2C)cc1. The van der Waals surface area contributed by atoms with E-state index in [4.69, 9.17) is 4.74 Å². The number of hydrogen-bond donors (Lipinski definition) is 2. The van der Waals surface area contributed by atoms with Gasteiger partial charge >= 0.3 is 0 Å². The lowest BCUT2D eigenvalue weighted by molar-refractivity contribution is -0.121. The number of carbonyl (C=O) groups is 1. The normalized spacial score (nSPS) is 20.0. The van der Waals surface area contributed by atoms with Crippen molar-refractivity contribution in [3.63, 3.8) is 0 Å². The smallest absolute Gasteiger partial charge is 0.243 e. The second-order valence-corrected chi connectivity index (χ2v) is 4.65. The number of amides is 1. The molecule has 1 amide bonds. The van der Waals surface area contributed by atoms with E-state index in [2.05, 4.69) is 15.5 Å². The van der Waals surface area contributed by atoms with Crippen molar-refractivity contribution in [3.8, 4) is 5.75 Å². The molecule has 0 radical (unpaired) electrons. The predicted octanol–water partition coefficient (Wildman–Crippen LogP) is 0.927. The van der Waals surface area contributed by atoms with Gasteiger partial charge in [0.1, 0.15) is 11.8 Å². The molecule has 1 aliphatic rings. The number of piperazine rings is 1. The van der Waals surface area contributed by atoms with Gasteiger partial charge in [0.15, 0.2) is 0 Å². The topological polar surface area (TPSA) is 53.6 Å². The molecule has 0 aromatic heterocycles. The van der Waals surface area contributed by atoms with Gasteiger partial charge < -0.3 is 15.4 Å². The van der Waals surface area contributed by atoms with Crippen LogP contribution in [-0.2, 0) is 4.79 Å². The van der Waals surface area contributed by atoms with E-state index >= 15 is 0 Å². The average Bonchev–Trinajstić information content (AvgIpc) is 2.42. The molecule has 1 unspecified atom stereocenters. The van der Waals surface area contributed by atoms with E-state index in [1.54, 1.807) is 0 Å². The van der Waals surface area contributed by atoms with Gasteiger partial charge in [-0.3, -0.25) is 9.69 Å². The van der Waals surface area contributed by atoms with Crippen LogP contribution >= 0.6 is 0 Å². The molecule has 5 nitrogen and oxygen atoms in total. The highest BCUT2D eigenvalue weighted by Gasteiger charge is 2.25. The van der Waals surface area contributed by atoms with Crippen LogP contribution in [0.5, 0.6) is 5.75 Å². The molecular weight excluding hydrogens is 242 g/mol. The second-order valence-electron chi connectivity index (χ2n) is 4.65. The quantitative estimate of drug-likeness (QED) is 0.848. The summed E-state index contributed by atoms with van der Waals surface area (Å²) in [6.45, 7) is 5.11. The van der Waals surface area contributed by atoms with Crippen LogP contribution in [0.4, 0.5) is 5.69 Å². The number of likely N-dealkylation sites (N-methyl/N-ethyl adjacent to an activating group) is 1. The van der Waals surface area contributed by atoms with E-state index in [0.29, 0.717) is 13.2 Å². The molecule has 1 fully saturated rings. The van der Waals surface area contributed by atoms with Gasteiger partial charge in [0.25, 0.3) is 0 Å². The summed E-state index contributed by atoms with van der Waals surface area (Å²) in [7, 11) is 1.98. The molecule has 1 aromatic rings. The van der Waals surface area contributed by atoms with Crippen molar-refractivity contribution in [2.45, 2.75) is 13.0 Å². The molecule has 2 N–H and O–H groups in total. The van der Waals surface area contributed by atoms with Crippen LogP contribution in [0, 0.1) is 0 Å². The third-order valence-electron chi connectivity index (χ3n) is 3.25. The minimum atomic E-state index is -0.111. The zero-order valence-corrected chi connectivity index (χ0v) is 11.5. The van der Waals surface area contributed by atoms with Crippen molar-refractivity contribution in [1.29, 1.82) is 0 Å². The fraction of sp³-hybridized carbons (Fsp3) is 0.500. The van der Waals surface area contributed by atoms with Crippen LogP contribution in [0.3, 0.4) is 0 Å². The van der Waals surface area contributed by atoms with E-state index in [1.807, 2.05) is 38.2 Å². The van der Waals surface area contributed by atoms with E-state index in [0.717, 1.165) is 24.5 Å². The molecule has 1 atom stereocenters. The highest BCUT2D eigenvalue weighted by atomic mass is 16.5. The van der Waals surface area contributed by atoms with Crippen molar-refractivity contribution in [3.05, 3.63) is 24.3 Å². The second kappa shape index (κ2) is 6.54.